The Morgan fingerprint density at radius 1 is 1.59 bits per heavy atom. The zero-order chi connectivity index (χ0) is 12.4. The normalized spacial score (nSPS) is 10.7. The van der Waals surface area contributed by atoms with Crippen LogP contribution in [0.3, 0.4) is 0 Å². The molecule has 0 fully saturated rings. The van der Waals surface area contributed by atoms with Crippen molar-refractivity contribution < 1.29 is 5.11 Å². The van der Waals surface area contributed by atoms with E-state index in [1.54, 1.807) is 0 Å². The molecule has 6 heteroatoms. The van der Waals surface area contributed by atoms with Gasteiger partial charge in [-0.15, -0.1) is 11.3 Å². The lowest BCUT2D eigenvalue weighted by atomic mass is 10.2. The summed E-state index contributed by atoms with van der Waals surface area (Å²) in [6.07, 6.45) is 1.32. The summed E-state index contributed by atoms with van der Waals surface area (Å²) < 4.78 is 0.928. The van der Waals surface area contributed by atoms with E-state index in [0.29, 0.717) is 17.8 Å². The van der Waals surface area contributed by atoms with Gasteiger partial charge in [0, 0.05) is 9.85 Å². The molecule has 2 aromatic heterocycles. The van der Waals surface area contributed by atoms with Crippen LogP contribution in [-0.2, 0) is 6.42 Å². The number of hydrogen-bond acceptors (Lipinski definition) is 4. The maximum absolute atomic E-state index is 11.8. The molecular weight excluding hydrogens is 304 g/mol. The van der Waals surface area contributed by atoms with Gasteiger partial charge in [0.1, 0.15) is 0 Å². The van der Waals surface area contributed by atoms with E-state index < -0.39 is 0 Å². The van der Waals surface area contributed by atoms with Crippen molar-refractivity contribution in [1.29, 1.82) is 0 Å². The molecule has 0 saturated carbocycles. The predicted octanol–water partition coefficient (Wildman–Crippen LogP) is 2.92. The van der Waals surface area contributed by atoms with Crippen LogP contribution in [0.25, 0.3) is 10.7 Å². The standard InChI is InChI=1S/C11H11BrN2O2S/c1-2-3-7-10(15)13-9(14-11(7)16)8-4-6(12)5-17-8/h4-5H,2-3H2,1H3,(H2,13,14,15,16). The summed E-state index contributed by atoms with van der Waals surface area (Å²) in [6, 6.07) is 1.85. The van der Waals surface area contributed by atoms with Gasteiger partial charge in [0.25, 0.3) is 5.56 Å². The smallest absolute Gasteiger partial charge is 0.258 e. The average molecular weight is 315 g/mol. The molecule has 17 heavy (non-hydrogen) atoms. The van der Waals surface area contributed by atoms with E-state index in [-0.39, 0.29) is 11.4 Å². The zero-order valence-electron chi connectivity index (χ0n) is 9.16. The van der Waals surface area contributed by atoms with Crippen LogP contribution in [0.4, 0.5) is 0 Å². The molecule has 90 valence electrons. The molecule has 0 bridgehead atoms. The minimum atomic E-state index is -0.265. The molecule has 0 aromatic carbocycles. The van der Waals surface area contributed by atoms with E-state index in [1.807, 2.05) is 18.4 Å². The Balaban J connectivity index is 2.49. The van der Waals surface area contributed by atoms with E-state index in [0.717, 1.165) is 15.8 Å². The second-order valence-electron chi connectivity index (χ2n) is 3.60. The van der Waals surface area contributed by atoms with Crippen LogP contribution < -0.4 is 5.56 Å². The molecule has 0 unspecified atom stereocenters. The highest BCUT2D eigenvalue weighted by atomic mass is 79.9. The fourth-order valence-corrected chi connectivity index (χ4v) is 2.89. The van der Waals surface area contributed by atoms with Gasteiger partial charge in [-0.1, -0.05) is 13.3 Å². The Hall–Kier alpha value is -1.14. The number of aromatic hydroxyl groups is 1. The average Bonchev–Trinajstić information content (AvgIpc) is 2.70. The summed E-state index contributed by atoms with van der Waals surface area (Å²) in [5.74, 6) is 0.234. The molecule has 0 atom stereocenters. The van der Waals surface area contributed by atoms with Crippen LogP contribution in [0.1, 0.15) is 18.9 Å². The molecule has 2 aromatic rings. The van der Waals surface area contributed by atoms with Gasteiger partial charge in [-0.25, -0.2) is 0 Å². The molecule has 0 spiro atoms. The minimum Gasteiger partial charge on any atom is -0.493 e. The van der Waals surface area contributed by atoms with Crippen molar-refractivity contribution in [2.45, 2.75) is 19.8 Å². The molecule has 2 heterocycles. The molecule has 0 radical (unpaired) electrons. The Labute approximate surface area is 110 Å². The summed E-state index contributed by atoms with van der Waals surface area (Å²) in [4.78, 5) is 19.3. The third-order valence-electron chi connectivity index (χ3n) is 2.29. The quantitative estimate of drug-likeness (QED) is 0.915. The molecular formula is C11H11BrN2O2S. The molecule has 0 saturated heterocycles. The second-order valence-corrected chi connectivity index (χ2v) is 5.42. The Bertz CT molecular complexity index is 591. The summed E-state index contributed by atoms with van der Waals surface area (Å²) >= 11 is 4.78. The Morgan fingerprint density at radius 2 is 2.35 bits per heavy atom. The van der Waals surface area contributed by atoms with Crippen molar-refractivity contribution in [2.75, 3.05) is 0 Å². The van der Waals surface area contributed by atoms with Gasteiger partial charge in [0.2, 0.25) is 5.88 Å². The van der Waals surface area contributed by atoms with Crippen molar-refractivity contribution in [2.24, 2.45) is 0 Å². The predicted molar refractivity (Wildman–Crippen MR) is 71.5 cm³/mol. The van der Waals surface area contributed by atoms with Crippen molar-refractivity contribution in [3.63, 3.8) is 0 Å². The van der Waals surface area contributed by atoms with Crippen molar-refractivity contribution in [3.8, 4) is 16.6 Å². The first-order valence-corrected chi connectivity index (χ1v) is 6.85. The van der Waals surface area contributed by atoms with E-state index in [4.69, 9.17) is 0 Å². The number of aromatic amines is 1. The van der Waals surface area contributed by atoms with Crippen LogP contribution in [0.2, 0.25) is 0 Å². The molecule has 0 aliphatic rings. The number of nitrogens with zero attached hydrogens (tertiary/aromatic N) is 1. The largest absolute Gasteiger partial charge is 0.493 e. The number of aromatic nitrogens is 2. The number of nitrogens with one attached hydrogen (secondary N) is 1. The molecule has 4 nitrogen and oxygen atoms in total. The Morgan fingerprint density at radius 3 is 2.88 bits per heavy atom. The molecule has 0 aliphatic heterocycles. The van der Waals surface area contributed by atoms with Crippen molar-refractivity contribution in [3.05, 3.63) is 31.8 Å². The summed E-state index contributed by atoms with van der Waals surface area (Å²) in [6.45, 7) is 1.95. The van der Waals surface area contributed by atoms with Gasteiger partial charge in [0.05, 0.1) is 10.4 Å². The van der Waals surface area contributed by atoms with E-state index in [9.17, 15) is 9.90 Å². The van der Waals surface area contributed by atoms with Gasteiger partial charge < -0.3 is 10.1 Å². The summed E-state index contributed by atoms with van der Waals surface area (Å²) in [7, 11) is 0. The van der Waals surface area contributed by atoms with Crippen LogP contribution in [0.5, 0.6) is 5.88 Å². The number of hydrogen-bond donors (Lipinski definition) is 2. The van der Waals surface area contributed by atoms with Crippen molar-refractivity contribution in [1.82, 2.24) is 9.97 Å². The van der Waals surface area contributed by atoms with Crippen molar-refractivity contribution >= 4 is 27.3 Å². The highest BCUT2D eigenvalue weighted by Crippen LogP contribution is 2.28. The van der Waals surface area contributed by atoms with Gasteiger partial charge in [0.15, 0.2) is 5.82 Å². The van der Waals surface area contributed by atoms with Crippen LogP contribution in [0, 0.1) is 0 Å². The number of H-pyrrole nitrogens is 1. The van der Waals surface area contributed by atoms with E-state index in [2.05, 4.69) is 25.9 Å². The lowest BCUT2D eigenvalue weighted by Gasteiger charge is -2.03. The molecule has 0 amide bonds. The number of rotatable bonds is 3. The van der Waals surface area contributed by atoms with Crippen LogP contribution in [-0.4, -0.2) is 15.1 Å². The summed E-state index contributed by atoms with van der Waals surface area (Å²) in [5, 5.41) is 11.6. The monoisotopic (exact) mass is 314 g/mol. The lowest BCUT2D eigenvalue weighted by Crippen LogP contribution is -2.14. The zero-order valence-corrected chi connectivity index (χ0v) is 11.6. The van der Waals surface area contributed by atoms with Gasteiger partial charge in [-0.3, -0.25) is 4.79 Å². The Kier molecular flexibility index (Phi) is 3.63. The lowest BCUT2D eigenvalue weighted by molar-refractivity contribution is 0.443. The van der Waals surface area contributed by atoms with E-state index >= 15 is 0 Å². The maximum atomic E-state index is 11.8. The van der Waals surface area contributed by atoms with Gasteiger partial charge in [-0.05, 0) is 28.4 Å². The van der Waals surface area contributed by atoms with Gasteiger partial charge in [-0.2, -0.15) is 4.98 Å². The van der Waals surface area contributed by atoms with Crippen LogP contribution >= 0.6 is 27.3 Å². The first-order valence-electron chi connectivity index (χ1n) is 5.18. The molecule has 2 N–H and O–H groups in total. The second kappa shape index (κ2) is 5.01. The van der Waals surface area contributed by atoms with E-state index in [1.165, 1.54) is 11.3 Å². The number of thiophene rings is 1. The third-order valence-corrected chi connectivity index (χ3v) is 3.99. The first kappa shape index (κ1) is 12.3. The molecule has 0 aliphatic carbocycles. The summed E-state index contributed by atoms with van der Waals surface area (Å²) in [5.41, 5.74) is 0.0887. The third kappa shape index (κ3) is 2.58. The number of halogens is 1. The SMILES string of the molecule is CCCc1c(O)nc(-c2cc(Br)cs2)[nH]c1=O. The van der Waals surface area contributed by atoms with Crippen LogP contribution in [0.15, 0.2) is 20.7 Å². The minimum absolute atomic E-state index is 0.171. The first-order chi connectivity index (χ1) is 8.11. The highest BCUT2D eigenvalue weighted by molar-refractivity contribution is 9.10. The highest BCUT2D eigenvalue weighted by Gasteiger charge is 2.12. The fourth-order valence-electron chi connectivity index (χ4n) is 1.52. The molecule has 2 rings (SSSR count). The maximum Gasteiger partial charge on any atom is 0.258 e. The van der Waals surface area contributed by atoms with Gasteiger partial charge >= 0.3 is 0 Å². The fraction of sp³-hybridized carbons (Fsp3) is 0.273. The topological polar surface area (TPSA) is 66.0 Å².